The van der Waals surface area contributed by atoms with Crippen molar-refractivity contribution in [3.8, 4) is 5.69 Å². The minimum atomic E-state index is -0.191. The summed E-state index contributed by atoms with van der Waals surface area (Å²) >= 11 is 1.40. The van der Waals surface area contributed by atoms with E-state index in [4.69, 9.17) is 0 Å². The molecule has 0 saturated carbocycles. The number of hydrogen-bond acceptors (Lipinski definition) is 5. The van der Waals surface area contributed by atoms with Crippen LogP contribution in [-0.4, -0.2) is 25.7 Å². The molecule has 0 saturated heterocycles. The quantitative estimate of drug-likeness (QED) is 0.803. The fourth-order valence-corrected chi connectivity index (χ4v) is 2.63. The SMILES string of the molecule is CC(C)c1nnc(NC(=O)c2ccc(-n3ccnc3)cc2)s1. The average Bonchev–Trinajstić information content (AvgIpc) is 3.19. The lowest BCUT2D eigenvalue weighted by Crippen LogP contribution is -2.11. The zero-order valence-corrected chi connectivity index (χ0v) is 13.0. The summed E-state index contributed by atoms with van der Waals surface area (Å²) in [5, 5.41) is 12.2. The average molecular weight is 313 g/mol. The number of anilines is 1. The largest absolute Gasteiger partial charge is 0.306 e. The molecular formula is C15H15N5OS. The summed E-state index contributed by atoms with van der Waals surface area (Å²) < 4.78 is 1.88. The van der Waals surface area contributed by atoms with Crippen LogP contribution in [0.15, 0.2) is 43.0 Å². The third-order valence-electron chi connectivity index (χ3n) is 3.09. The van der Waals surface area contributed by atoms with Crippen LogP contribution in [0, 0.1) is 0 Å². The van der Waals surface area contributed by atoms with Crippen LogP contribution in [0.2, 0.25) is 0 Å². The number of amides is 1. The lowest BCUT2D eigenvalue weighted by atomic mass is 10.2. The summed E-state index contributed by atoms with van der Waals surface area (Å²) in [5.74, 6) is 0.112. The van der Waals surface area contributed by atoms with E-state index >= 15 is 0 Å². The molecule has 3 rings (SSSR count). The minimum absolute atomic E-state index is 0.191. The molecule has 0 spiro atoms. The summed E-state index contributed by atoms with van der Waals surface area (Å²) in [6, 6.07) is 7.29. The Labute approximate surface area is 131 Å². The van der Waals surface area contributed by atoms with E-state index < -0.39 is 0 Å². The number of imidazole rings is 1. The van der Waals surface area contributed by atoms with Crippen LogP contribution < -0.4 is 5.32 Å². The van der Waals surface area contributed by atoms with Gasteiger partial charge in [0.25, 0.3) is 5.91 Å². The fourth-order valence-electron chi connectivity index (χ4n) is 1.88. The van der Waals surface area contributed by atoms with Crippen molar-refractivity contribution < 1.29 is 4.79 Å². The Hall–Kier alpha value is -2.54. The van der Waals surface area contributed by atoms with E-state index in [1.807, 2.05) is 36.7 Å². The van der Waals surface area contributed by atoms with Crippen molar-refractivity contribution in [2.75, 3.05) is 5.32 Å². The molecule has 0 aliphatic heterocycles. The van der Waals surface area contributed by atoms with Crippen LogP contribution in [0.1, 0.15) is 35.1 Å². The van der Waals surface area contributed by atoms with Crippen molar-refractivity contribution in [2.45, 2.75) is 19.8 Å². The Bertz CT molecular complexity index is 762. The van der Waals surface area contributed by atoms with Crippen LogP contribution in [0.25, 0.3) is 5.69 Å². The van der Waals surface area contributed by atoms with E-state index in [1.165, 1.54) is 11.3 Å². The van der Waals surface area contributed by atoms with Crippen molar-refractivity contribution in [3.05, 3.63) is 53.6 Å². The van der Waals surface area contributed by atoms with Gasteiger partial charge in [-0.25, -0.2) is 4.98 Å². The predicted octanol–water partition coefficient (Wildman–Crippen LogP) is 3.10. The van der Waals surface area contributed by atoms with E-state index in [1.54, 1.807) is 24.7 Å². The summed E-state index contributed by atoms with van der Waals surface area (Å²) in [6.45, 7) is 4.09. The molecule has 1 amide bonds. The molecule has 1 N–H and O–H groups in total. The molecule has 0 bridgehead atoms. The molecule has 2 heterocycles. The van der Waals surface area contributed by atoms with Gasteiger partial charge in [0.05, 0.1) is 6.33 Å². The van der Waals surface area contributed by atoms with Gasteiger partial charge in [0.15, 0.2) is 0 Å². The standard InChI is InChI=1S/C15H15N5OS/c1-10(2)14-18-19-15(22-14)17-13(21)11-3-5-12(6-4-11)20-8-7-16-9-20/h3-10H,1-2H3,(H,17,19,21). The van der Waals surface area contributed by atoms with Crippen molar-refractivity contribution in [3.63, 3.8) is 0 Å². The second kappa shape index (κ2) is 6.07. The summed E-state index contributed by atoms with van der Waals surface area (Å²) in [5.41, 5.74) is 1.53. The molecule has 6 nitrogen and oxygen atoms in total. The molecule has 7 heteroatoms. The molecule has 0 atom stereocenters. The Balaban J connectivity index is 1.72. The van der Waals surface area contributed by atoms with E-state index in [-0.39, 0.29) is 5.91 Å². The van der Waals surface area contributed by atoms with Gasteiger partial charge < -0.3 is 4.57 Å². The van der Waals surface area contributed by atoms with Crippen LogP contribution in [0.5, 0.6) is 0 Å². The van der Waals surface area contributed by atoms with Gasteiger partial charge in [-0.15, -0.1) is 10.2 Å². The number of carbonyl (C=O) groups excluding carboxylic acids is 1. The Morgan fingerprint density at radius 1 is 1.23 bits per heavy atom. The number of nitrogens with one attached hydrogen (secondary N) is 1. The van der Waals surface area contributed by atoms with Crippen LogP contribution in [-0.2, 0) is 0 Å². The molecule has 0 radical (unpaired) electrons. The van der Waals surface area contributed by atoms with Gasteiger partial charge in [0.1, 0.15) is 5.01 Å². The van der Waals surface area contributed by atoms with E-state index in [2.05, 4.69) is 20.5 Å². The summed E-state index contributed by atoms with van der Waals surface area (Å²) in [6.07, 6.45) is 5.27. The van der Waals surface area contributed by atoms with Crippen molar-refractivity contribution in [2.24, 2.45) is 0 Å². The summed E-state index contributed by atoms with van der Waals surface area (Å²) in [7, 11) is 0. The van der Waals surface area contributed by atoms with Gasteiger partial charge in [0.2, 0.25) is 5.13 Å². The maximum Gasteiger partial charge on any atom is 0.257 e. The van der Waals surface area contributed by atoms with Gasteiger partial charge in [-0.3, -0.25) is 10.1 Å². The van der Waals surface area contributed by atoms with Gasteiger partial charge in [-0.05, 0) is 24.3 Å². The maximum atomic E-state index is 12.2. The maximum absolute atomic E-state index is 12.2. The van der Waals surface area contributed by atoms with Crippen molar-refractivity contribution >= 4 is 22.4 Å². The smallest absolute Gasteiger partial charge is 0.257 e. The lowest BCUT2D eigenvalue weighted by Gasteiger charge is -2.04. The second-order valence-corrected chi connectivity index (χ2v) is 6.08. The molecule has 0 unspecified atom stereocenters. The predicted molar refractivity (Wildman–Crippen MR) is 85.5 cm³/mol. The highest BCUT2D eigenvalue weighted by Gasteiger charge is 2.12. The van der Waals surface area contributed by atoms with Crippen molar-refractivity contribution in [1.82, 2.24) is 19.7 Å². The first-order valence-corrected chi connectivity index (χ1v) is 7.68. The Morgan fingerprint density at radius 2 is 2.00 bits per heavy atom. The molecule has 0 fully saturated rings. The summed E-state index contributed by atoms with van der Waals surface area (Å²) in [4.78, 5) is 16.2. The van der Waals surface area contributed by atoms with Crippen LogP contribution in [0.3, 0.4) is 0 Å². The Morgan fingerprint density at radius 3 is 2.59 bits per heavy atom. The van der Waals surface area contributed by atoms with Gasteiger partial charge in [-0.2, -0.15) is 0 Å². The Kier molecular flexibility index (Phi) is 3.97. The molecule has 1 aromatic carbocycles. The highest BCUT2D eigenvalue weighted by atomic mass is 32.1. The number of hydrogen-bond donors (Lipinski definition) is 1. The first kappa shape index (κ1) is 14.4. The first-order chi connectivity index (χ1) is 10.6. The second-order valence-electron chi connectivity index (χ2n) is 5.07. The minimum Gasteiger partial charge on any atom is -0.306 e. The molecule has 112 valence electrons. The molecule has 0 aliphatic carbocycles. The molecule has 22 heavy (non-hydrogen) atoms. The zero-order chi connectivity index (χ0) is 15.5. The highest BCUT2D eigenvalue weighted by Crippen LogP contribution is 2.22. The first-order valence-electron chi connectivity index (χ1n) is 6.86. The normalized spacial score (nSPS) is 10.9. The van der Waals surface area contributed by atoms with Crippen LogP contribution in [0.4, 0.5) is 5.13 Å². The van der Waals surface area contributed by atoms with Gasteiger partial charge in [0, 0.05) is 29.6 Å². The third kappa shape index (κ3) is 3.04. The monoisotopic (exact) mass is 313 g/mol. The lowest BCUT2D eigenvalue weighted by molar-refractivity contribution is 0.102. The van der Waals surface area contributed by atoms with E-state index in [0.29, 0.717) is 16.6 Å². The zero-order valence-electron chi connectivity index (χ0n) is 12.2. The number of aromatic nitrogens is 4. The molecule has 3 aromatic rings. The van der Waals surface area contributed by atoms with E-state index in [0.717, 1.165) is 10.7 Å². The number of nitrogens with zero attached hydrogens (tertiary/aromatic N) is 4. The highest BCUT2D eigenvalue weighted by molar-refractivity contribution is 7.15. The van der Waals surface area contributed by atoms with Gasteiger partial charge >= 0.3 is 0 Å². The van der Waals surface area contributed by atoms with Gasteiger partial charge in [-0.1, -0.05) is 25.2 Å². The van der Waals surface area contributed by atoms with Crippen molar-refractivity contribution in [1.29, 1.82) is 0 Å². The number of rotatable bonds is 4. The number of benzene rings is 1. The van der Waals surface area contributed by atoms with E-state index in [9.17, 15) is 4.79 Å². The van der Waals surface area contributed by atoms with Crippen LogP contribution >= 0.6 is 11.3 Å². The topological polar surface area (TPSA) is 72.7 Å². The number of carbonyl (C=O) groups is 1. The fraction of sp³-hybridized carbons (Fsp3) is 0.200. The third-order valence-corrected chi connectivity index (χ3v) is 4.23. The molecule has 2 aromatic heterocycles. The molecule has 0 aliphatic rings. The molecular weight excluding hydrogens is 298 g/mol.